The summed E-state index contributed by atoms with van der Waals surface area (Å²) < 4.78 is 9.12. The molecule has 0 spiro atoms. The Balaban J connectivity index is 1.51. The van der Waals surface area contributed by atoms with Gasteiger partial charge in [0.25, 0.3) is 0 Å². The molecule has 0 aromatic carbocycles. The Bertz CT molecular complexity index is 744. The number of rotatable bonds is 5. The highest BCUT2D eigenvalue weighted by Crippen LogP contribution is 2.19. The summed E-state index contributed by atoms with van der Waals surface area (Å²) in [5.74, 6) is 1.46. The minimum atomic E-state index is -0.0701. The lowest BCUT2D eigenvalue weighted by Crippen LogP contribution is -2.52. The number of piperazine rings is 1. The zero-order valence-corrected chi connectivity index (χ0v) is 16.0. The van der Waals surface area contributed by atoms with Crippen molar-refractivity contribution in [3.63, 3.8) is 0 Å². The van der Waals surface area contributed by atoms with Crippen LogP contribution in [0.4, 0.5) is 10.7 Å². The number of hydrogen-bond acceptors (Lipinski definition) is 8. The Kier molecular flexibility index (Phi) is 5.82. The van der Waals surface area contributed by atoms with Crippen molar-refractivity contribution in [2.75, 3.05) is 38.2 Å². The molecule has 3 heterocycles. The van der Waals surface area contributed by atoms with Gasteiger partial charge in [0.1, 0.15) is 0 Å². The van der Waals surface area contributed by atoms with E-state index in [0.29, 0.717) is 50.5 Å². The summed E-state index contributed by atoms with van der Waals surface area (Å²) in [5.41, 5.74) is 0.954. The number of aromatic nitrogens is 4. The first-order valence-electron chi connectivity index (χ1n) is 8.54. The van der Waals surface area contributed by atoms with Crippen molar-refractivity contribution in [2.45, 2.75) is 26.3 Å². The molecule has 0 bridgehead atoms. The Morgan fingerprint density at radius 2 is 2.12 bits per heavy atom. The van der Waals surface area contributed by atoms with Gasteiger partial charge >= 0.3 is 6.03 Å². The molecule has 0 aliphatic carbocycles. The van der Waals surface area contributed by atoms with Crippen molar-refractivity contribution in [2.24, 2.45) is 0 Å². The molecule has 0 atom stereocenters. The second kappa shape index (κ2) is 8.26. The van der Waals surface area contributed by atoms with E-state index in [1.54, 1.807) is 24.3 Å². The van der Waals surface area contributed by atoms with E-state index in [9.17, 15) is 4.79 Å². The fraction of sp³-hybridized carbons (Fsp3) is 0.562. The van der Waals surface area contributed by atoms with Crippen LogP contribution in [0.15, 0.2) is 12.3 Å². The lowest BCUT2D eigenvalue weighted by atomic mass is 10.1. The first-order chi connectivity index (χ1) is 12.6. The molecule has 0 unspecified atom stereocenters. The topological polar surface area (TPSA) is 96.4 Å². The van der Waals surface area contributed by atoms with Crippen LogP contribution < -0.4 is 15.0 Å². The van der Waals surface area contributed by atoms with Gasteiger partial charge in [-0.1, -0.05) is 18.3 Å². The summed E-state index contributed by atoms with van der Waals surface area (Å²) in [5, 5.41) is 7.11. The van der Waals surface area contributed by atoms with Crippen LogP contribution in [0, 0.1) is 0 Å². The summed E-state index contributed by atoms with van der Waals surface area (Å²) in [6, 6.07) is 1.65. The maximum atomic E-state index is 12.4. The quantitative estimate of drug-likeness (QED) is 0.843. The molecule has 1 saturated heterocycles. The highest BCUT2D eigenvalue weighted by molar-refractivity contribution is 7.05. The molecule has 0 radical (unpaired) electrons. The minimum absolute atomic E-state index is 0.0701. The largest absolute Gasteiger partial charge is 0.481 e. The van der Waals surface area contributed by atoms with Crippen LogP contribution >= 0.6 is 11.5 Å². The SMILES string of the molecule is COc1ccnc(N2CCN(C(=O)NCc3snnc3C(C)C)CC2)n1. The molecule has 2 amide bonds. The van der Waals surface area contributed by atoms with Gasteiger partial charge in [-0.3, -0.25) is 0 Å². The fourth-order valence-electron chi connectivity index (χ4n) is 2.75. The number of urea groups is 1. The predicted octanol–water partition coefficient (Wildman–Crippen LogP) is 1.49. The van der Waals surface area contributed by atoms with Crippen LogP contribution in [-0.4, -0.2) is 63.8 Å². The summed E-state index contributed by atoms with van der Waals surface area (Å²) >= 11 is 1.34. The molecule has 10 heteroatoms. The average molecular weight is 377 g/mol. The smallest absolute Gasteiger partial charge is 0.317 e. The normalized spacial score (nSPS) is 14.6. The molecule has 2 aromatic rings. The van der Waals surface area contributed by atoms with Crippen molar-refractivity contribution in [3.05, 3.63) is 22.8 Å². The monoisotopic (exact) mass is 377 g/mol. The van der Waals surface area contributed by atoms with E-state index < -0.39 is 0 Å². The second-order valence-electron chi connectivity index (χ2n) is 6.27. The molecule has 1 N–H and O–H groups in total. The lowest BCUT2D eigenvalue weighted by Gasteiger charge is -2.34. The molecule has 1 fully saturated rings. The first kappa shape index (κ1) is 18.3. The van der Waals surface area contributed by atoms with Crippen LogP contribution in [0.25, 0.3) is 0 Å². The maximum Gasteiger partial charge on any atom is 0.317 e. The van der Waals surface area contributed by atoms with Crippen molar-refractivity contribution >= 4 is 23.5 Å². The Morgan fingerprint density at radius 3 is 2.81 bits per heavy atom. The van der Waals surface area contributed by atoms with E-state index >= 15 is 0 Å². The minimum Gasteiger partial charge on any atom is -0.481 e. The molecule has 2 aromatic heterocycles. The van der Waals surface area contributed by atoms with Crippen LogP contribution in [0.1, 0.15) is 30.3 Å². The molecular weight excluding hydrogens is 354 g/mol. The van der Waals surface area contributed by atoms with Crippen molar-refractivity contribution < 1.29 is 9.53 Å². The maximum absolute atomic E-state index is 12.4. The van der Waals surface area contributed by atoms with E-state index in [4.69, 9.17) is 4.74 Å². The van der Waals surface area contributed by atoms with E-state index in [2.05, 4.69) is 43.6 Å². The summed E-state index contributed by atoms with van der Waals surface area (Å²) in [7, 11) is 1.58. The van der Waals surface area contributed by atoms with Gasteiger partial charge < -0.3 is 19.9 Å². The van der Waals surface area contributed by atoms with Crippen LogP contribution in [-0.2, 0) is 6.54 Å². The number of methoxy groups -OCH3 is 1. The van der Waals surface area contributed by atoms with Crippen molar-refractivity contribution in [1.82, 2.24) is 29.8 Å². The molecule has 9 nitrogen and oxygen atoms in total. The van der Waals surface area contributed by atoms with Crippen molar-refractivity contribution in [1.29, 1.82) is 0 Å². The van der Waals surface area contributed by atoms with Gasteiger partial charge in [-0.05, 0) is 17.5 Å². The zero-order valence-electron chi connectivity index (χ0n) is 15.2. The van der Waals surface area contributed by atoms with E-state index in [-0.39, 0.29) is 6.03 Å². The van der Waals surface area contributed by atoms with Crippen LogP contribution in [0.2, 0.25) is 0 Å². The Morgan fingerprint density at radius 1 is 1.35 bits per heavy atom. The molecule has 26 heavy (non-hydrogen) atoms. The predicted molar refractivity (Wildman–Crippen MR) is 98.6 cm³/mol. The van der Waals surface area contributed by atoms with E-state index in [0.717, 1.165) is 10.6 Å². The Hall–Kier alpha value is -2.49. The van der Waals surface area contributed by atoms with Gasteiger partial charge in [0.15, 0.2) is 0 Å². The van der Waals surface area contributed by atoms with Crippen LogP contribution in [0.3, 0.4) is 0 Å². The Labute approximate surface area is 156 Å². The third kappa shape index (κ3) is 4.18. The highest BCUT2D eigenvalue weighted by Gasteiger charge is 2.23. The lowest BCUT2D eigenvalue weighted by molar-refractivity contribution is 0.193. The molecule has 1 aliphatic rings. The first-order valence-corrected chi connectivity index (χ1v) is 9.31. The number of amides is 2. The molecule has 1 aliphatic heterocycles. The van der Waals surface area contributed by atoms with Crippen LogP contribution in [0.5, 0.6) is 5.88 Å². The third-order valence-electron chi connectivity index (χ3n) is 4.21. The van der Waals surface area contributed by atoms with E-state index in [1.165, 1.54) is 11.5 Å². The number of hydrogen-bond donors (Lipinski definition) is 1. The van der Waals surface area contributed by atoms with Gasteiger partial charge in [-0.15, -0.1) is 5.10 Å². The van der Waals surface area contributed by atoms with E-state index in [1.807, 2.05) is 0 Å². The van der Waals surface area contributed by atoms with Gasteiger partial charge in [-0.25, -0.2) is 9.78 Å². The number of nitrogens with zero attached hydrogens (tertiary/aromatic N) is 6. The third-order valence-corrected chi connectivity index (χ3v) is 4.95. The van der Waals surface area contributed by atoms with Gasteiger partial charge in [0.05, 0.1) is 24.2 Å². The number of carbonyl (C=O) groups is 1. The summed E-state index contributed by atoms with van der Waals surface area (Å²) in [4.78, 5) is 25.9. The summed E-state index contributed by atoms with van der Waals surface area (Å²) in [6.45, 7) is 7.20. The number of carbonyl (C=O) groups excluding carboxylic acids is 1. The fourth-order valence-corrected chi connectivity index (χ4v) is 3.49. The number of anilines is 1. The standard InChI is InChI=1S/C16H23N7O2S/c1-11(2)14-12(26-21-20-14)10-18-16(24)23-8-6-22(7-9-23)15-17-5-4-13(19-15)25-3/h4-5,11H,6-10H2,1-3H3,(H,18,24). The number of nitrogens with one attached hydrogen (secondary N) is 1. The molecular formula is C16H23N7O2S. The highest BCUT2D eigenvalue weighted by atomic mass is 32.1. The molecule has 140 valence electrons. The van der Waals surface area contributed by atoms with Gasteiger partial charge in [0.2, 0.25) is 11.8 Å². The zero-order chi connectivity index (χ0) is 18.5. The van der Waals surface area contributed by atoms with Gasteiger partial charge in [0, 0.05) is 38.4 Å². The van der Waals surface area contributed by atoms with Gasteiger partial charge in [-0.2, -0.15) is 4.98 Å². The summed E-state index contributed by atoms with van der Waals surface area (Å²) in [6.07, 6.45) is 1.68. The number of ether oxygens (including phenoxy) is 1. The van der Waals surface area contributed by atoms with Crippen molar-refractivity contribution in [3.8, 4) is 5.88 Å². The average Bonchev–Trinajstić information content (AvgIpc) is 3.15. The molecule has 3 rings (SSSR count). The second-order valence-corrected chi connectivity index (χ2v) is 7.11. The molecule has 0 saturated carbocycles.